The number of nitrogens with one attached hydrogen (secondary N) is 2. The van der Waals surface area contributed by atoms with Gasteiger partial charge in [-0.15, -0.1) is 11.3 Å². The summed E-state index contributed by atoms with van der Waals surface area (Å²) in [5.41, 5.74) is 4.10. The fourth-order valence-electron chi connectivity index (χ4n) is 5.92. The molecule has 0 atom stereocenters. The molecule has 2 fully saturated rings. The third kappa shape index (κ3) is 7.08. The van der Waals surface area contributed by atoms with Crippen LogP contribution in [0, 0.1) is 0 Å². The summed E-state index contributed by atoms with van der Waals surface area (Å²) in [6, 6.07) is 9.17. The Kier molecular flexibility index (Phi) is 10.4. The molecular formula is C32H46N7OPS. The second kappa shape index (κ2) is 14.2. The molecule has 4 heterocycles. The minimum atomic E-state index is -0.264. The average Bonchev–Trinajstić information content (AvgIpc) is 3.48. The Balaban J connectivity index is 1.31. The number of rotatable bonds is 10. The van der Waals surface area contributed by atoms with Crippen LogP contribution < -0.4 is 20.3 Å². The number of methoxy groups -OCH3 is 1. The van der Waals surface area contributed by atoms with Crippen LogP contribution in [0.5, 0.6) is 5.75 Å². The first-order chi connectivity index (χ1) is 20.4. The first-order valence-electron chi connectivity index (χ1n) is 15.1. The van der Waals surface area contributed by atoms with Gasteiger partial charge in [0.15, 0.2) is 5.82 Å². The van der Waals surface area contributed by atoms with Crippen LogP contribution in [0.3, 0.4) is 0 Å². The van der Waals surface area contributed by atoms with Crippen molar-refractivity contribution in [2.45, 2.75) is 39.2 Å². The molecule has 1 aromatic carbocycles. The summed E-state index contributed by atoms with van der Waals surface area (Å²) in [6.07, 6.45) is 7.88. The third-order valence-electron chi connectivity index (χ3n) is 8.32. The Hall–Kier alpha value is -2.71. The van der Waals surface area contributed by atoms with Crippen molar-refractivity contribution < 1.29 is 4.74 Å². The van der Waals surface area contributed by atoms with Crippen molar-refractivity contribution in [2.24, 2.45) is 0 Å². The quantitative estimate of drug-likeness (QED) is 0.189. The average molecular weight is 608 g/mol. The van der Waals surface area contributed by atoms with Crippen LogP contribution in [0.4, 0.5) is 23.1 Å². The lowest BCUT2D eigenvalue weighted by Gasteiger charge is -2.42. The zero-order chi connectivity index (χ0) is 29.6. The normalized spacial score (nSPS) is 18.2. The highest BCUT2D eigenvalue weighted by Gasteiger charge is 2.27. The molecular weight excluding hydrogens is 561 g/mol. The smallest absolute Gasteiger partial charge is 0.229 e. The summed E-state index contributed by atoms with van der Waals surface area (Å²) in [6.45, 7) is 15.7. The van der Waals surface area contributed by atoms with Crippen molar-refractivity contribution in [1.82, 2.24) is 19.8 Å². The van der Waals surface area contributed by atoms with Crippen molar-refractivity contribution in [3.8, 4) is 5.75 Å². The number of hydrogen-bond acceptors (Lipinski definition) is 9. The molecule has 0 saturated carbocycles. The molecule has 8 nitrogen and oxygen atoms in total. The van der Waals surface area contributed by atoms with Gasteiger partial charge < -0.3 is 25.2 Å². The molecule has 0 radical (unpaired) electrons. The van der Waals surface area contributed by atoms with E-state index in [0.29, 0.717) is 12.0 Å². The summed E-state index contributed by atoms with van der Waals surface area (Å²) < 4.78 is 6.91. The van der Waals surface area contributed by atoms with Crippen molar-refractivity contribution in [3.63, 3.8) is 0 Å². The fraction of sp³-hybridized carbons (Fsp3) is 0.500. The molecule has 0 amide bonds. The second-order valence-corrected chi connectivity index (χ2v) is 14.5. The highest BCUT2D eigenvalue weighted by molar-refractivity contribution is 7.60. The number of piperidine rings is 1. The molecule has 0 bridgehead atoms. The largest absolute Gasteiger partial charge is 0.494 e. The van der Waals surface area contributed by atoms with Gasteiger partial charge in [0, 0.05) is 62.8 Å². The lowest BCUT2D eigenvalue weighted by atomic mass is 10.0. The Morgan fingerprint density at radius 2 is 1.86 bits per heavy atom. The second-order valence-electron chi connectivity index (χ2n) is 11.3. The van der Waals surface area contributed by atoms with Gasteiger partial charge in [-0.05, 0) is 75.5 Å². The van der Waals surface area contributed by atoms with Crippen molar-refractivity contribution in [3.05, 3.63) is 52.8 Å². The van der Waals surface area contributed by atoms with Crippen molar-refractivity contribution in [1.29, 1.82) is 0 Å². The van der Waals surface area contributed by atoms with E-state index < -0.39 is 0 Å². The number of hydrogen-bond donors (Lipinski definition) is 2. The highest BCUT2D eigenvalue weighted by atomic mass is 32.1. The fourth-order valence-corrected chi connectivity index (χ4v) is 7.91. The van der Waals surface area contributed by atoms with Gasteiger partial charge in [0.05, 0.1) is 23.0 Å². The molecule has 0 spiro atoms. The molecule has 226 valence electrons. The maximum atomic E-state index is 5.86. The topological polar surface area (TPSA) is 68.8 Å². The molecule has 42 heavy (non-hydrogen) atoms. The first-order valence-corrected chi connectivity index (χ1v) is 18.2. The number of fused-ring (bicyclic) bond motifs is 1. The van der Waals surface area contributed by atoms with Crippen LogP contribution in [0.1, 0.15) is 33.1 Å². The molecule has 3 aromatic rings. The maximum absolute atomic E-state index is 5.86. The minimum Gasteiger partial charge on any atom is -0.494 e. The molecule has 0 aliphatic carbocycles. The Morgan fingerprint density at radius 3 is 2.52 bits per heavy atom. The van der Waals surface area contributed by atoms with Gasteiger partial charge in [-0.2, -0.15) is 4.98 Å². The summed E-state index contributed by atoms with van der Waals surface area (Å²) in [5, 5.41) is 10.5. The van der Waals surface area contributed by atoms with Crippen molar-refractivity contribution in [2.75, 3.05) is 82.3 Å². The van der Waals surface area contributed by atoms with Crippen LogP contribution in [0.2, 0.25) is 0 Å². The third-order valence-corrected chi connectivity index (χ3v) is 10.6. The van der Waals surface area contributed by atoms with E-state index in [2.05, 4.69) is 101 Å². The SMILES string of the molecule is C/C=C(Nc1nc(Nc2ccc(N3CCC(N4CCN(C)CC4)CC3)cc2OC)nc2ccsc12)\C(=C/CC)P(C)C. The van der Waals surface area contributed by atoms with Gasteiger partial charge in [-0.25, -0.2) is 4.98 Å². The van der Waals surface area contributed by atoms with Crippen LogP contribution in [-0.4, -0.2) is 92.6 Å². The van der Waals surface area contributed by atoms with Crippen LogP contribution >= 0.6 is 19.3 Å². The number of thiophene rings is 1. The first kappa shape index (κ1) is 30.7. The van der Waals surface area contributed by atoms with Gasteiger partial charge in [0.25, 0.3) is 0 Å². The number of likely N-dealkylation sites (N-methyl/N-ethyl adjacent to an activating group) is 1. The molecule has 5 rings (SSSR count). The molecule has 10 heteroatoms. The molecule has 0 unspecified atom stereocenters. The van der Waals surface area contributed by atoms with Gasteiger partial charge in [0.2, 0.25) is 5.95 Å². The lowest BCUT2D eigenvalue weighted by molar-refractivity contribution is 0.0982. The molecule has 2 aromatic heterocycles. The Bertz CT molecular complexity index is 1410. The summed E-state index contributed by atoms with van der Waals surface area (Å²) in [5.74, 6) is 2.17. The highest BCUT2D eigenvalue weighted by Crippen LogP contribution is 2.42. The summed E-state index contributed by atoms with van der Waals surface area (Å²) >= 11 is 1.66. The number of nitrogens with zero attached hydrogens (tertiary/aromatic N) is 5. The monoisotopic (exact) mass is 607 g/mol. The van der Waals surface area contributed by atoms with Gasteiger partial charge in [-0.3, -0.25) is 4.90 Å². The van der Waals surface area contributed by atoms with E-state index >= 15 is 0 Å². The maximum Gasteiger partial charge on any atom is 0.229 e. The Morgan fingerprint density at radius 1 is 1.10 bits per heavy atom. The van der Waals surface area contributed by atoms with E-state index in [0.717, 1.165) is 52.7 Å². The number of aromatic nitrogens is 2. The number of allylic oxidation sites excluding steroid dienone is 3. The zero-order valence-electron chi connectivity index (χ0n) is 26.0. The van der Waals surface area contributed by atoms with Crippen molar-refractivity contribution >= 4 is 52.6 Å². The molecule has 2 aliphatic rings. The zero-order valence-corrected chi connectivity index (χ0v) is 27.7. The van der Waals surface area contributed by atoms with E-state index in [4.69, 9.17) is 14.7 Å². The predicted octanol–water partition coefficient (Wildman–Crippen LogP) is 7.01. The molecule has 2 N–H and O–H groups in total. The number of ether oxygens (including phenoxy) is 1. The number of benzene rings is 1. The van der Waals surface area contributed by atoms with Crippen LogP contribution in [-0.2, 0) is 0 Å². The number of piperazine rings is 1. The van der Waals surface area contributed by atoms with Gasteiger partial charge in [0.1, 0.15) is 5.75 Å². The Labute approximate surface area is 256 Å². The van der Waals surface area contributed by atoms with E-state index in [1.807, 2.05) is 0 Å². The van der Waals surface area contributed by atoms with Gasteiger partial charge in [-0.1, -0.05) is 27.0 Å². The van der Waals surface area contributed by atoms with E-state index in [9.17, 15) is 0 Å². The number of anilines is 4. The van der Waals surface area contributed by atoms with Gasteiger partial charge >= 0.3 is 0 Å². The molecule has 2 saturated heterocycles. The van der Waals surface area contributed by atoms with E-state index in [1.165, 1.54) is 50.0 Å². The van der Waals surface area contributed by atoms with Crippen LogP contribution in [0.15, 0.2) is 52.8 Å². The minimum absolute atomic E-state index is 0.264. The summed E-state index contributed by atoms with van der Waals surface area (Å²) in [7, 11) is 3.69. The summed E-state index contributed by atoms with van der Waals surface area (Å²) in [4.78, 5) is 17.4. The standard InChI is InChI=1S/C32H46N7OPS/c1-7-9-29(41(5)6)25(8-2)33-31-30-27(14-21-42-30)35-32(36-31)34-26-11-10-24(22-28(26)40-4)38-15-12-23(13-16-38)39-19-17-37(3)18-20-39/h8-11,14,21-23H,7,12-13,15-20H2,1-6H3,(H2,33,34,35,36)/b25-8+,29-9+. The predicted molar refractivity (Wildman–Crippen MR) is 183 cm³/mol. The van der Waals surface area contributed by atoms with E-state index in [1.54, 1.807) is 18.4 Å². The van der Waals surface area contributed by atoms with E-state index in [-0.39, 0.29) is 7.92 Å². The molecule has 2 aliphatic heterocycles. The van der Waals surface area contributed by atoms with Crippen LogP contribution in [0.25, 0.3) is 10.2 Å². The lowest BCUT2D eigenvalue weighted by Crippen LogP contribution is -2.52.